The van der Waals surface area contributed by atoms with Gasteiger partial charge in [0.1, 0.15) is 0 Å². The largest absolute Gasteiger partial charge is 0.479 e. The van der Waals surface area contributed by atoms with Gasteiger partial charge in [-0.05, 0) is 12.1 Å². The Hall–Kier alpha value is -2.19. The molecule has 0 aliphatic rings. The lowest BCUT2D eigenvalue weighted by atomic mass is 10.0. The van der Waals surface area contributed by atoms with Crippen molar-refractivity contribution in [1.29, 1.82) is 0 Å². The molecule has 0 amide bonds. The van der Waals surface area contributed by atoms with Crippen molar-refractivity contribution in [3.05, 3.63) is 39.4 Å². The maximum Gasteiger partial charge on any atom is 0.416 e. The van der Waals surface area contributed by atoms with Crippen molar-refractivity contribution in [2.45, 2.75) is 12.3 Å². The van der Waals surface area contributed by atoms with Crippen molar-refractivity contribution in [2.24, 2.45) is 0 Å². The van der Waals surface area contributed by atoms with E-state index >= 15 is 0 Å². The predicted octanol–water partition coefficient (Wildman–Crippen LogP) is 2.71. The summed E-state index contributed by atoms with van der Waals surface area (Å²) in [6, 6.07) is 0.933. The molecule has 0 bridgehead atoms. The van der Waals surface area contributed by atoms with Crippen molar-refractivity contribution in [1.82, 2.24) is 0 Å². The maximum absolute atomic E-state index is 13.1. The quantitative estimate of drug-likeness (QED) is 0.518. The van der Waals surface area contributed by atoms with Crippen molar-refractivity contribution >= 4 is 11.7 Å². The molecule has 0 saturated carbocycles. The zero-order chi connectivity index (χ0) is 14.1. The molecule has 0 radical (unpaired) electrons. The maximum atomic E-state index is 13.1. The lowest BCUT2D eigenvalue weighted by Gasteiger charge is -2.09. The Labute approximate surface area is 96.8 Å². The first kappa shape index (κ1) is 13.9. The Bertz CT molecular complexity index is 500. The van der Waals surface area contributed by atoms with E-state index in [0.29, 0.717) is 12.1 Å². The van der Waals surface area contributed by atoms with Crippen LogP contribution in [0.4, 0.5) is 23.2 Å². The second kappa shape index (κ2) is 4.59. The number of aliphatic carboxylic acids is 1. The first-order valence-corrected chi connectivity index (χ1v) is 4.37. The van der Waals surface area contributed by atoms with Crippen LogP contribution in [0.2, 0.25) is 0 Å². The van der Waals surface area contributed by atoms with Gasteiger partial charge in [-0.15, -0.1) is 0 Å². The molecule has 1 aromatic rings. The Morgan fingerprint density at radius 2 is 1.94 bits per heavy atom. The number of halogens is 4. The summed E-state index contributed by atoms with van der Waals surface area (Å²) in [7, 11) is 0. The highest BCUT2D eigenvalue weighted by atomic mass is 19.4. The summed E-state index contributed by atoms with van der Waals surface area (Å²) in [6.07, 6.45) is -7.59. The van der Waals surface area contributed by atoms with Crippen LogP contribution in [0.3, 0.4) is 0 Å². The van der Waals surface area contributed by atoms with E-state index in [2.05, 4.69) is 0 Å². The standard InChI is InChI=1S/C9H5F4NO4/c10-7(8(15)16)5-2-1-4(9(11,12)13)3-6(5)14(17)18/h1-3,7H,(H,15,16)/t7-/m1/s1. The molecule has 1 aromatic carbocycles. The fraction of sp³-hybridized carbons (Fsp3) is 0.222. The predicted molar refractivity (Wildman–Crippen MR) is 49.6 cm³/mol. The SMILES string of the molecule is O=C(O)[C@H](F)c1ccc(C(F)(F)F)cc1[N+](=O)[O-]. The second-order valence-corrected chi connectivity index (χ2v) is 3.23. The average Bonchev–Trinajstić information content (AvgIpc) is 2.25. The van der Waals surface area contributed by atoms with Crippen LogP contribution in [-0.4, -0.2) is 16.0 Å². The van der Waals surface area contributed by atoms with Crippen LogP contribution in [0.5, 0.6) is 0 Å². The lowest BCUT2D eigenvalue weighted by Crippen LogP contribution is -2.11. The smallest absolute Gasteiger partial charge is 0.416 e. The Morgan fingerprint density at radius 3 is 2.33 bits per heavy atom. The average molecular weight is 267 g/mol. The van der Waals surface area contributed by atoms with E-state index in [1.165, 1.54) is 0 Å². The second-order valence-electron chi connectivity index (χ2n) is 3.23. The number of nitro benzene ring substituents is 1. The van der Waals surface area contributed by atoms with Crippen molar-refractivity contribution in [3.63, 3.8) is 0 Å². The van der Waals surface area contributed by atoms with Gasteiger partial charge in [0.05, 0.1) is 16.1 Å². The molecule has 0 aliphatic carbocycles. The van der Waals surface area contributed by atoms with Gasteiger partial charge in [0.15, 0.2) is 0 Å². The first-order chi connectivity index (χ1) is 8.14. The molecule has 0 fully saturated rings. The van der Waals surface area contributed by atoms with Crippen LogP contribution in [0.15, 0.2) is 18.2 Å². The summed E-state index contributed by atoms with van der Waals surface area (Å²) >= 11 is 0. The summed E-state index contributed by atoms with van der Waals surface area (Å²) < 4.78 is 50.0. The van der Waals surface area contributed by atoms with E-state index in [1.807, 2.05) is 0 Å². The van der Waals surface area contributed by atoms with Crippen LogP contribution in [0.25, 0.3) is 0 Å². The number of hydrogen-bond acceptors (Lipinski definition) is 3. The first-order valence-electron chi connectivity index (χ1n) is 4.37. The topological polar surface area (TPSA) is 80.4 Å². The third-order valence-corrected chi connectivity index (χ3v) is 2.04. The molecular weight excluding hydrogens is 262 g/mol. The van der Waals surface area contributed by atoms with Gasteiger partial charge in [-0.3, -0.25) is 10.1 Å². The van der Waals surface area contributed by atoms with Gasteiger partial charge in [-0.1, -0.05) is 0 Å². The molecular formula is C9H5F4NO4. The summed E-state index contributed by atoms with van der Waals surface area (Å²) in [5, 5.41) is 18.9. The van der Waals surface area contributed by atoms with E-state index < -0.39 is 40.1 Å². The number of nitrogens with zero attached hydrogens (tertiary/aromatic N) is 1. The number of benzene rings is 1. The van der Waals surface area contributed by atoms with Gasteiger partial charge >= 0.3 is 12.1 Å². The van der Waals surface area contributed by atoms with E-state index in [-0.39, 0.29) is 6.07 Å². The molecule has 0 spiro atoms. The van der Waals surface area contributed by atoms with Gasteiger partial charge in [0, 0.05) is 6.07 Å². The van der Waals surface area contributed by atoms with Crippen molar-refractivity contribution < 1.29 is 32.4 Å². The summed E-state index contributed by atoms with van der Waals surface area (Å²) in [6.45, 7) is 0. The minimum atomic E-state index is -4.83. The molecule has 0 aromatic heterocycles. The summed E-state index contributed by atoms with van der Waals surface area (Å²) in [5.74, 6) is -2.02. The Morgan fingerprint density at radius 1 is 1.39 bits per heavy atom. The number of carboxylic acids is 1. The lowest BCUT2D eigenvalue weighted by molar-refractivity contribution is -0.386. The van der Waals surface area contributed by atoms with Gasteiger partial charge in [0.2, 0.25) is 6.17 Å². The van der Waals surface area contributed by atoms with E-state index in [4.69, 9.17) is 5.11 Å². The van der Waals surface area contributed by atoms with E-state index in [1.54, 1.807) is 0 Å². The fourth-order valence-corrected chi connectivity index (χ4v) is 1.23. The molecule has 98 valence electrons. The highest BCUT2D eigenvalue weighted by Gasteiger charge is 2.35. The third kappa shape index (κ3) is 2.73. The molecule has 1 N–H and O–H groups in total. The molecule has 0 saturated heterocycles. The highest BCUT2D eigenvalue weighted by Crippen LogP contribution is 2.35. The van der Waals surface area contributed by atoms with Gasteiger partial charge in [0.25, 0.3) is 5.69 Å². The molecule has 18 heavy (non-hydrogen) atoms. The summed E-state index contributed by atoms with van der Waals surface area (Å²) in [5.41, 5.74) is -3.50. The molecule has 9 heteroatoms. The zero-order valence-electron chi connectivity index (χ0n) is 8.44. The van der Waals surface area contributed by atoms with Crippen LogP contribution in [-0.2, 0) is 11.0 Å². The van der Waals surface area contributed by atoms with Gasteiger partial charge in [-0.2, -0.15) is 13.2 Å². The number of hydrogen-bond donors (Lipinski definition) is 1. The number of alkyl halides is 4. The van der Waals surface area contributed by atoms with Gasteiger partial charge in [-0.25, -0.2) is 9.18 Å². The molecule has 0 heterocycles. The number of carbonyl (C=O) groups is 1. The molecule has 0 unspecified atom stereocenters. The molecule has 0 aliphatic heterocycles. The number of carboxylic acid groups (broad SMARTS) is 1. The monoisotopic (exact) mass is 267 g/mol. The third-order valence-electron chi connectivity index (χ3n) is 2.04. The molecule has 5 nitrogen and oxygen atoms in total. The van der Waals surface area contributed by atoms with Crippen LogP contribution in [0.1, 0.15) is 17.3 Å². The normalized spacial score (nSPS) is 13.1. The highest BCUT2D eigenvalue weighted by molar-refractivity contribution is 5.76. The summed E-state index contributed by atoms with van der Waals surface area (Å²) in [4.78, 5) is 19.6. The minimum Gasteiger partial charge on any atom is -0.479 e. The molecule has 1 atom stereocenters. The Balaban J connectivity index is 3.39. The van der Waals surface area contributed by atoms with Crippen LogP contribution in [0, 0.1) is 10.1 Å². The van der Waals surface area contributed by atoms with Crippen molar-refractivity contribution in [2.75, 3.05) is 0 Å². The fourth-order valence-electron chi connectivity index (χ4n) is 1.23. The zero-order valence-corrected chi connectivity index (χ0v) is 8.44. The van der Waals surface area contributed by atoms with E-state index in [9.17, 15) is 32.5 Å². The number of nitro groups is 1. The number of rotatable bonds is 3. The Kier molecular flexibility index (Phi) is 3.54. The molecule has 1 rings (SSSR count). The van der Waals surface area contributed by atoms with Crippen molar-refractivity contribution in [3.8, 4) is 0 Å². The van der Waals surface area contributed by atoms with E-state index in [0.717, 1.165) is 0 Å². The minimum absolute atomic E-state index is 0.102. The van der Waals surface area contributed by atoms with Crippen LogP contribution < -0.4 is 0 Å². The van der Waals surface area contributed by atoms with Crippen LogP contribution >= 0.6 is 0 Å². The van der Waals surface area contributed by atoms with Gasteiger partial charge < -0.3 is 5.11 Å².